The van der Waals surface area contributed by atoms with Gasteiger partial charge >= 0.3 is 5.97 Å². The molecule has 5 rings (SSSR count). The van der Waals surface area contributed by atoms with Crippen molar-refractivity contribution in [1.82, 2.24) is 0 Å². The van der Waals surface area contributed by atoms with E-state index in [1.165, 1.54) is 19.1 Å². The van der Waals surface area contributed by atoms with Gasteiger partial charge in [0.25, 0.3) is 18.4 Å². The van der Waals surface area contributed by atoms with E-state index in [4.69, 9.17) is 30.7 Å². The molecule has 1 heterocycles. The zero-order valence-electron chi connectivity index (χ0n) is 28.6. The van der Waals surface area contributed by atoms with Gasteiger partial charge in [-0.1, -0.05) is 129 Å². The van der Waals surface area contributed by atoms with Crippen LogP contribution >= 0.6 is 0 Å². The van der Waals surface area contributed by atoms with Crippen molar-refractivity contribution >= 4 is 42.6 Å². The molecule has 0 spiro atoms. The van der Waals surface area contributed by atoms with Crippen molar-refractivity contribution in [2.75, 3.05) is 13.2 Å². The molecule has 4 aromatic rings. The quantitative estimate of drug-likeness (QED) is 0.109. The molecule has 0 saturated carbocycles. The maximum absolute atomic E-state index is 13.6. The standard InChI is InChI=1S/C38H43BO8SSi/c1-28-21-23-31(24-22-28)48(41,42)44-26-38(35(34(36(39)47-38)46-29(2)40)43-25-30-15-9-6-10-16-30)27-45-49(37(3,4)5,32-17-11-7-12-18-32)33-19-13-8-14-20-33/h6-24,34-36H,25-27H2,1-5H3. The summed E-state index contributed by atoms with van der Waals surface area (Å²) in [5.74, 6) is -0.589. The molecule has 1 fully saturated rings. The number of esters is 1. The predicted octanol–water partition coefficient (Wildman–Crippen LogP) is 5.06. The summed E-state index contributed by atoms with van der Waals surface area (Å²) >= 11 is 0. The number of carbonyl (C=O) groups is 1. The van der Waals surface area contributed by atoms with E-state index in [9.17, 15) is 13.2 Å². The second-order valence-corrected chi connectivity index (χ2v) is 19.3. The lowest BCUT2D eigenvalue weighted by atomic mass is 9.89. The van der Waals surface area contributed by atoms with Crippen molar-refractivity contribution in [1.29, 1.82) is 0 Å². The van der Waals surface area contributed by atoms with Crippen LogP contribution in [0.2, 0.25) is 5.04 Å². The molecule has 4 atom stereocenters. The van der Waals surface area contributed by atoms with E-state index in [0.29, 0.717) is 0 Å². The summed E-state index contributed by atoms with van der Waals surface area (Å²) in [6.45, 7) is 8.94. The Morgan fingerprint density at radius 2 is 1.37 bits per heavy atom. The average Bonchev–Trinajstić information content (AvgIpc) is 3.33. The third kappa shape index (κ3) is 8.09. The van der Waals surface area contributed by atoms with Crippen LogP contribution in [0.15, 0.2) is 120 Å². The topological polar surface area (TPSA) is 97.4 Å². The van der Waals surface area contributed by atoms with Gasteiger partial charge in [0.1, 0.15) is 32.3 Å². The Labute approximate surface area is 292 Å². The first-order valence-corrected chi connectivity index (χ1v) is 19.6. The Balaban J connectivity index is 1.62. The van der Waals surface area contributed by atoms with E-state index in [0.717, 1.165) is 21.5 Å². The lowest BCUT2D eigenvalue weighted by Gasteiger charge is -2.45. The van der Waals surface area contributed by atoms with Crippen LogP contribution in [0.3, 0.4) is 0 Å². The second kappa shape index (κ2) is 15.1. The predicted molar refractivity (Wildman–Crippen MR) is 192 cm³/mol. The molecule has 2 radical (unpaired) electrons. The van der Waals surface area contributed by atoms with E-state index in [1.54, 1.807) is 12.1 Å². The molecule has 0 aromatic heterocycles. The van der Waals surface area contributed by atoms with Crippen LogP contribution in [0.5, 0.6) is 0 Å². The van der Waals surface area contributed by atoms with Gasteiger partial charge < -0.3 is 18.6 Å². The van der Waals surface area contributed by atoms with E-state index in [1.807, 2.05) is 73.7 Å². The Morgan fingerprint density at radius 1 is 0.837 bits per heavy atom. The lowest BCUT2D eigenvalue weighted by Crippen LogP contribution is -2.68. The first-order chi connectivity index (χ1) is 23.3. The molecule has 8 nitrogen and oxygen atoms in total. The summed E-state index contributed by atoms with van der Waals surface area (Å²) in [5, 5.41) is 1.61. The van der Waals surface area contributed by atoms with Crippen molar-refractivity contribution < 1.29 is 36.0 Å². The summed E-state index contributed by atoms with van der Waals surface area (Å²) in [7, 11) is -0.909. The zero-order chi connectivity index (χ0) is 35.3. The fraction of sp³-hybridized carbons (Fsp3) is 0.342. The maximum Gasteiger partial charge on any atom is 0.303 e. The minimum absolute atomic E-state index is 0.0123. The van der Waals surface area contributed by atoms with Gasteiger partial charge in [0.05, 0.1) is 24.1 Å². The second-order valence-electron chi connectivity index (χ2n) is 13.4. The summed E-state index contributed by atoms with van der Waals surface area (Å²) < 4.78 is 59.0. The van der Waals surface area contributed by atoms with E-state index in [-0.39, 0.29) is 18.1 Å². The smallest absolute Gasteiger partial charge is 0.303 e. The highest BCUT2D eigenvalue weighted by Gasteiger charge is 2.59. The van der Waals surface area contributed by atoms with Gasteiger partial charge in [-0.2, -0.15) is 8.42 Å². The van der Waals surface area contributed by atoms with Crippen molar-refractivity contribution in [3.8, 4) is 0 Å². The fourth-order valence-electron chi connectivity index (χ4n) is 6.42. The number of aryl methyl sites for hydroxylation is 1. The molecule has 4 unspecified atom stereocenters. The maximum atomic E-state index is 13.6. The molecule has 0 aliphatic carbocycles. The Kier molecular flexibility index (Phi) is 11.3. The molecule has 11 heteroatoms. The highest BCUT2D eigenvalue weighted by atomic mass is 32.2. The van der Waals surface area contributed by atoms with Gasteiger partial charge in [0.2, 0.25) is 0 Å². The van der Waals surface area contributed by atoms with Crippen molar-refractivity contribution in [2.24, 2.45) is 0 Å². The number of ether oxygens (including phenoxy) is 3. The Bertz CT molecular complexity index is 1750. The summed E-state index contributed by atoms with van der Waals surface area (Å²) in [6.07, 6.45) is -2.16. The molecule has 0 bridgehead atoms. The lowest BCUT2D eigenvalue weighted by molar-refractivity contribution is -0.160. The van der Waals surface area contributed by atoms with Gasteiger partial charge in [0, 0.05) is 6.92 Å². The molecule has 0 amide bonds. The molecule has 1 aliphatic rings. The molecular formula is C38H43BO8SSi. The van der Waals surface area contributed by atoms with Gasteiger partial charge in [-0.25, -0.2) is 0 Å². The third-order valence-corrected chi connectivity index (χ3v) is 15.1. The number of carbonyl (C=O) groups excluding carboxylic acids is 1. The first-order valence-electron chi connectivity index (χ1n) is 16.2. The van der Waals surface area contributed by atoms with E-state index >= 15 is 0 Å². The summed E-state index contributed by atoms with van der Waals surface area (Å²) in [4.78, 5) is 12.4. The van der Waals surface area contributed by atoms with E-state index in [2.05, 4.69) is 45.0 Å². The molecule has 1 aliphatic heterocycles. The van der Waals surface area contributed by atoms with Gasteiger partial charge in [0.15, 0.2) is 0 Å². The first kappa shape index (κ1) is 36.7. The van der Waals surface area contributed by atoms with Crippen LogP contribution in [0.25, 0.3) is 0 Å². The van der Waals surface area contributed by atoms with Crippen molar-refractivity contribution in [3.05, 3.63) is 126 Å². The SMILES string of the molecule is [B]C1OC(CO[Si](c2ccccc2)(c2ccccc2)C(C)(C)C)(COS(=O)(=O)c2ccc(C)cc2)C(OCc2ccccc2)C1OC(C)=O. The molecule has 256 valence electrons. The van der Waals surface area contributed by atoms with Gasteiger partial charge in [-0.3, -0.25) is 8.98 Å². The number of rotatable bonds is 13. The van der Waals surface area contributed by atoms with Crippen LogP contribution in [-0.2, 0) is 44.3 Å². The highest BCUT2D eigenvalue weighted by Crippen LogP contribution is 2.41. The van der Waals surface area contributed by atoms with Crippen LogP contribution < -0.4 is 10.4 Å². The van der Waals surface area contributed by atoms with Crippen molar-refractivity contribution in [2.45, 2.75) is 75.0 Å². The summed E-state index contributed by atoms with van der Waals surface area (Å²) in [5.41, 5.74) is 0.122. The fourth-order valence-corrected chi connectivity index (χ4v) is 12.0. The molecule has 0 N–H and O–H groups in total. The Morgan fingerprint density at radius 3 is 1.88 bits per heavy atom. The van der Waals surface area contributed by atoms with E-state index < -0.39 is 59.9 Å². The molecule has 49 heavy (non-hydrogen) atoms. The number of hydrogen-bond donors (Lipinski definition) is 0. The van der Waals surface area contributed by atoms with Crippen LogP contribution in [0.1, 0.15) is 38.8 Å². The minimum Gasteiger partial charge on any atom is -0.458 e. The number of benzene rings is 4. The molecule has 1 saturated heterocycles. The zero-order valence-corrected chi connectivity index (χ0v) is 30.4. The normalized spacial score (nSPS) is 21.4. The van der Waals surface area contributed by atoms with Crippen LogP contribution in [0, 0.1) is 6.92 Å². The molecular weight excluding hydrogens is 655 g/mol. The molecule has 4 aromatic carbocycles. The minimum atomic E-state index is -4.27. The van der Waals surface area contributed by atoms with Crippen LogP contribution in [-0.4, -0.2) is 67.6 Å². The van der Waals surface area contributed by atoms with Gasteiger partial charge in [-0.15, -0.1) is 0 Å². The highest BCUT2D eigenvalue weighted by molar-refractivity contribution is 7.86. The summed E-state index contributed by atoms with van der Waals surface area (Å²) in [6, 6.07) is 34.7. The van der Waals surface area contributed by atoms with Crippen molar-refractivity contribution in [3.63, 3.8) is 0 Å². The Hall–Kier alpha value is -3.58. The van der Waals surface area contributed by atoms with Gasteiger partial charge in [-0.05, 0) is 40.0 Å². The average molecular weight is 699 g/mol. The third-order valence-electron chi connectivity index (χ3n) is 8.80. The monoisotopic (exact) mass is 698 g/mol. The van der Waals surface area contributed by atoms with Crippen LogP contribution in [0.4, 0.5) is 0 Å². The largest absolute Gasteiger partial charge is 0.458 e. The number of hydrogen-bond acceptors (Lipinski definition) is 8.